The van der Waals surface area contributed by atoms with Crippen molar-refractivity contribution < 1.29 is 4.79 Å². The van der Waals surface area contributed by atoms with Crippen LogP contribution in [0.4, 0.5) is 0 Å². The number of carbonyl (C=O) groups is 1. The lowest BCUT2D eigenvalue weighted by Crippen LogP contribution is -2.30. The highest BCUT2D eigenvalue weighted by atomic mass is 32.1. The molecule has 1 amide bonds. The van der Waals surface area contributed by atoms with Crippen LogP contribution in [0.1, 0.15) is 11.3 Å². The molecule has 2 aromatic rings. The van der Waals surface area contributed by atoms with Gasteiger partial charge in [-0.2, -0.15) is 0 Å². The molecule has 1 aliphatic rings. The fourth-order valence-electron chi connectivity index (χ4n) is 2.22. The highest BCUT2D eigenvalue weighted by Gasteiger charge is 2.20. The minimum Gasteiger partial charge on any atom is -0.354 e. The predicted octanol–water partition coefficient (Wildman–Crippen LogP) is 2.39. The van der Waals surface area contributed by atoms with E-state index in [-0.39, 0.29) is 11.9 Å². The van der Waals surface area contributed by atoms with Crippen LogP contribution in [0.15, 0.2) is 42.5 Å². The zero-order valence-electron chi connectivity index (χ0n) is 10.6. The van der Waals surface area contributed by atoms with Gasteiger partial charge in [0.25, 0.3) is 0 Å². The number of hydrogen-bond acceptors (Lipinski definition) is 3. The van der Waals surface area contributed by atoms with Gasteiger partial charge in [-0.3, -0.25) is 4.79 Å². The summed E-state index contributed by atoms with van der Waals surface area (Å²) in [6, 6.07) is 15.0. The maximum atomic E-state index is 11.1. The van der Waals surface area contributed by atoms with Gasteiger partial charge in [0.2, 0.25) is 5.91 Å². The number of amides is 1. The third-order valence-corrected chi connectivity index (χ3v) is 4.40. The maximum absolute atomic E-state index is 11.1. The van der Waals surface area contributed by atoms with E-state index in [9.17, 15) is 4.79 Å². The van der Waals surface area contributed by atoms with Gasteiger partial charge in [-0.25, -0.2) is 0 Å². The van der Waals surface area contributed by atoms with E-state index in [4.69, 9.17) is 0 Å². The Morgan fingerprint density at radius 2 is 2.05 bits per heavy atom. The van der Waals surface area contributed by atoms with Crippen LogP contribution in [0.5, 0.6) is 0 Å². The Morgan fingerprint density at radius 3 is 2.79 bits per heavy atom. The van der Waals surface area contributed by atoms with Crippen molar-refractivity contribution in [3.8, 4) is 10.4 Å². The first-order valence-corrected chi connectivity index (χ1v) is 7.27. The molecule has 1 aromatic carbocycles. The van der Waals surface area contributed by atoms with Crippen LogP contribution >= 0.6 is 11.3 Å². The molecule has 19 heavy (non-hydrogen) atoms. The van der Waals surface area contributed by atoms with Crippen LogP contribution < -0.4 is 10.6 Å². The fourth-order valence-corrected chi connectivity index (χ4v) is 3.19. The van der Waals surface area contributed by atoms with Crippen LogP contribution in [-0.4, -0.2) is 18.5 Å². The van der Waals surface area contributed by atoms with Crippen molar-refractivity contribution in [2.75, 3.05) is 6.54 Å². The highest BCUT2D eigenvalue weighted by Crippen LogP contribution is 2.27. The molecule has 1 saturated heterocycles. The van der Waals surface area contributed by atoms with Gasteiger partial charge in [0.05, 0.1) is 0 Å². The van der Waals surface area contributed by atoms with E-state index in [1.807, 2.05) is 6.07 Å². The number of benzene rings is 1. The molecule has 1 fully saturated rings. The van der Waals surface area contributed by atoms with Gasteiger partial charge in [0.15, 0.2) is 0 Å². The first kappa shape index (κ1) is 12.4. The van der Waals surface area contributed by atoms with E-state index in [1.165, 1.54) is 15.3 Å². The standard InChI is InChI=1S/C15H16N2OS/c18-15-8-12(9-17-15)16-10-13-6-7-14(19-13)11-4-2-1-3-5-11/h1-7,12,16H,8-10H2,(H,17,18). The summed E-state index contributed by atoms with van der Waals surface area (Å²) in [4.78, 5) is 13.7. The van der Waals surface area contributed by atoms with Crippen molar-refractivity contribution in [2.24, 2.45) is 0 Å². The molecule has 0 aliphatic carbocycles. The molecule has 1 unspecified atom stereocenters. The zero-order chi connectivity index (χ0) is 13.1. The molecule has 2 N–H and O–H groups in total. The molecule has 1 atom stereocenters. The SMILES string of the molecule is O=C1CC(NCc2ccc(-c3ccccc3)s2)CN1. The summed E-state index contributed by atoms with van der Waals surface area (Å²) in [7, 11) is 0. The topological polar surface area (TPSA) is 41.1 Å². The predicted molar refractivity (Wildman–Crippen MR) is 78.0 cm³/mol. The molecule has 3 rings (SSSR count). The Kier molecular flexibility index (Phi) is 3.62. The average molecular weight is 272 g/mol. The lowest BCUT2D eigenvalue weighted by molar-refractivity contribution is -0.119. The van der Waals surface area contributed by atoms with Crippen molar-refractivity contribution in [1.82, 2.24) is 10.6 Å². The number of rotatable bonds is 4. The molecule has 3 nitrogen and oxygen atoms in total. The molecule has 0 radical (unpaired) electrons. The minimum atomic E-state index is 0.147. The van der Waals surface area contributed by atoms with Crippen LogP contribution in [0, 0.1) is 0 Å². The monoisotopic (exact) mass is 272 g/mol. The lowest BCUT2D eigenvalue weighted by Gasteiger charge is -2.08. The second kappa shape index (κ2) is 5.55. The fraction of sp³-hybridized carbons (Fsp3) is 0.267. The van der Waals surface area contributed by atoms with Gasteiger partial charge in [-0.05, 0) is 17.7 Å². The third kappa shape index (κ3) is 3.03. The second-order valence-corrected chi connectivity index (χ2v) is 5.89. The average Bonchev–Trinajstić information content (AvgIpc) is 3.06. The van der Waals surface area contributed by atoms with Crippen molar-refractivity contribution >= 4 is 17.2 Å². The van der Waals surface area contributed by atoms with Crippen LogP contribution in [0.3, 0.4) is 0 Å². The Balaban J connectivity index is 1.61. The lowest BCUT2D eigenvalue weighted by atomic mass is 10.2. The van der Waals surface area contributed by atoms with Gasteiger partial charge in [-0.15, -0.1) is 11.3 Å². The van der Waals surface area contributed by atoms with E-state index in [0.29, 0.717) is 6.42 Å². The first-order valence-electron chi connectivity index (χ1n) is 6.45. The van der Waals surface area contributed by atoms with Crippen molar-refractivity contribution in [1.29, 1.82) is 0 Å². The van der Waals surface area contributed by atoms with E-state index in [1.54, 1.807) is 11.3 Å². The van der Waals surface area contributed by atoms with Gasteiger partial charge < -0.3 is 10.6 Å². The maximum Gasteiger partial charge on any atom is 0.221 e. The number of hydrogen-bond donors (Lipinski definition) is 2. The zero-order valence-corrected chi connectivity index (χ0v) is 11.4. The van der Waals surface area contributed by atoms with Crippen LogP contribution in [-0.2, 0) is 11.3 Å². The largest absolute Gasteiger partial charge is 0.354 e. The summed E-state index contributed by atoms with van der Waals surface area (Å²) in [6.45, 7) is 1.58. The van der Waals surface area contributed by atoms with Gasteiger partial charge in [0, 0.05) is 35.3 Å². The van der Waals surface area contributed by atoms with Crippen LogP contribution in [0.2, 0.25) is 0 Å². The number of carbonyl (C=O) groups excluding carboxylic acids is 1. The summed E-state index contributed by atoms with van der Waals surface area (Å²) in [5.41, 5.74) is 1.26. The summed E-state index contributed by atoms with van der Waals surface area (Å²) in [5, 5.41) is 6.26. The quantitative estimate of drug-likeness (QED) is 0.897. The van der Waals surface area contributed by atoms with Gasteiger partial charge in [0.1, 0.15) is 0 Å². The Hall–Kier alpha value is -1.65. The van der Waals surface area contributed by atoms with E-state index in [0.717, 1.165) is 13.1 Å². The molecule has 0 bridgehead atoms. The van der Waals surface area contributed by atoms with E-state index >= 15 is 0 Å². The summed E-state index contributed by atoms with van der Waals surface area (Å²) >= 11 is 1.80. The summed E-state index contributed by atoms with van der Waals surface area (Å²) in [5.74, 6) is 0.147. The first-order chi connectivity index (χ1) is 9.31. The molecular formula is C15H16N2OS. The molecule has 4 heteroatoms. The van der Waals surface area contributed by atoms with E-state index < -0.39 is 0 Å². The van der Waals surface area contributed by atoms with Crippen LogP contribution in [0.25, 0.3) is 10.4 Å². The van der Waals surface area contributed by atoms with Crippen molar-refractivity contribution in [3.05, 3.63) is 47.3 Å². The summed E-state index contributed by atoms with van der Waals surface area (Å²) in [6.07, 6.45) is 0.594. The molecule has 98 valence electrons. The Labute approximate surface area is 116 Å². The third-order valence-electron chi connectivity index (χ3n) is 3.26. The smallest absolute Gasteiger partial charge is 0.221 e. The Morgan fingerprint density at radius 1 is 1.21 bits per heavy atom. The minimum absolute atomic E-state index is 0.147. The number of thiophene rings is 1. The van der Waals surface area contributed by atoms with Crippen molar-refractivity contribution in [2.45, 2.75) is 19.0 Å². The molecule has 2 heterocycles. The van der Waals surface area contributed by atoms with Crippen molar-refractivity contribution in [3.63, 3.8) is 0 Å². The normalized spacial score (nSPS) is 18.5. The molecule has 1 aliphatic heterocycles. The molecule has 0 spiro atoms. The van der Waals surface area contributed by atoms with E-state index in [2.05, 4.69) is 47.0 Å². The van der Waals surface area contributed by atoms with Gasteiger partial charge >= 0.3 is 0 Å². The number of nitrogens with one attached hydrogen (secondary N) is 2. The van der Waals surface area contributed by atoms with Gasteiger partial charge in [-0.1, -0.05) is 30.3 Å². The molecular weight excluding hydrogens is 256 g/mol. The molecule has 0 saturated carbocycles. The second-order valence-electron chi connectivity index (χ2n) is 4.72. The Bertz CT molecular complexity index is 565. The summed E-state index contributed by atoms with van der Waals surface area (Å²) < 4.78 is 0. The highest BCUT2D eigenvalue weighted by molar-refractivity contribution is 7.15. The molecule has 1 aromatic heterocycles.